The second kappa shape index (κ2) is 5.06. The Bertz CT molecular complexity index is 780. The standard InChI is InChI=1S/C10H10BrN3O3S2/c1-5-3-7(11)4-12-8(5)14-19(16,17)9-6(2)13-10(15)18-9/h3-4H,1-2H3,(H,12,14)(H,13,15). The normalized spacial score (nSPS) is 11.5. The molecular formula is C10H10BrN3O3S2. The van der Waals surface area contributed by atoms with Crippen LogP contribution in [-0.4, -0.2) is 18.4 Å². The summed E-state index contributed by atoms with van der Waals surface area (Å²) in [4.78, 5) is 17.2. The summed E-state index contributed by atoms with van der Waals surface area (Å²) in [6, 6.07) is 1.75. The van der Waals surface area contributed by atoms with Crippen LogP contribution in [0, 0.1) is 13.8 Å². The van der Waals surface area contributed by atoms with Crippen molar-refractivity contribution in [1.29, 1.82) is 0 Å². The number of nitrogens with zero attached hydrogens (tertiary/aromatic N) is 1. The van der Waals surface area contributed by atoms with E-state index in [2.05, 4.69) is 30.6 Å². The Morgan fingerprint density at radius 2 is 2.11 bits per heavy atom. The molecule has 0 aromatic carbocycles. The minimum absolute atomic E-state index is 0.0263. The SMILES string of the molecule is Cc1cc(Br)cnc1NS(=O)(=O)c1sc(=O)[nH]c1C. The highest BCUT2D eigenvalue weighted by Crippen LogP contribution is 2.22. The molecular weight excluding hydrogens is 354 g/mol. The number of pyridine rings is 1. The van der Waals surface area contributed by atoms with Crippen LogP contribution in [0.15, 0.2) is 25.7 Å². The summed E-state index contributed by atoms with van der Waals surface area (Å²) in [5.41, 5.74) is 0.996. The lowest BCUT2D eigenvalue weighted by atomic mass is 10.3. The maximum absolute atomic E-state index is 12.2. The minimum Gasteiger partial charge on any atom is -0.315 e. The lowest BCUT2D eigenvalue weighted by molar-refractivity contribution is 0.602. The molecule has 19 heavy (non-hydrogen) atoms. The van der Waals surface area contributed by atoms with Crippen LogP contribution < -0.4 is 9.60 Å². The zero-order valence-electron chi connectivity index (χ0n) is 10.0. The van der Waals surface area contributed by atoms with Gasteiger partial charge in [-0.15, -0.1) is 0 Å². The van der Waals surface area contributed by atoms with Crippen molar-refractivity contribution in [3.8, 4) is 0 Å². The van der Waals surface area contributed by atoms with Gasteiger partial charge < -0.3 is 4.98 Å². The van der Waals surface area contributed by atoms with Crippen molar-refractivity contribution >= 4 is 43.1 Å². The van der Waals surface area contributed by atoms with Gasteiger partial charge >= 0.3 is 4.87 Å². The Balaban J connectivity index is 2.42. The van der Waals surface area contributed by atoms with Gasteiger partial charge in [0.2, 0.25) is 0 Å². The number of aromatic nitrogens is 2. The van der Waals surface area contributed by atoms with Crippen molar-refractivity contribution in [2.24, 2.45) is 0 Å². The molecule has 9 heteroatoms. The molecule has 0 bridgehead atoms. The van der Waals surface area contributed by atoms with E-state index in [1.165, 1.54) is 13.1 Å². The first-order chi connectivity index (χ1) is 8.79. The van der Waals surface area contributed by atoms with E-state index in [1.54, 1.807) is 13.0 Å². The van der Waals surface area contributed by atoms with Crippen LogP contribution >= 0.6 is 27.3 Å². The molecule has 0 saturated heterocycles. The van der Waals surface area contributed by atoms with Crippen LogP contribution in [0.1, 0.15) is 11.3 Å². The maximum Gasteiger partial charge on any atom is 0.306 e. The number of aryl methyl sites for hydroxylation is 2. The molecule has 2 heterocycles. The predicted molar refractivity (Wildman–Crippen MR) is 77.2 cm³/mol. The van der Waals surface area contributed by atoms with Gasteiger partial charge in [-0.05, 0) is 41.4 Å². The molecule has 6 nitrogen and oxygen atoms in total. The fourth-order valence-electron chi connectivity index (χ4n) is 1.47. The molecule has 0 fully saturated rings. The average molecular weight is 364 g/mol. The number of halogens is 1. The fourth-order valence-corrected chi connectivity index (χ4v) is 4.30. The van der Waals surface area contributed by atoms with Crippen molar-refractivity contribution in [3.63, 3.8) is 0 Å². The zero-order valence-corrected chi connectivity index (χ0v) is 13.2. The lowest BCUT2D eigenvalue weighted by Crippen LogP contribution is -2.14. The van der Waals surface area contributed by atoms with Gasteiger partial charge in [0.05, 0.1) is 0 Å². The average Bonchev–Trinajstić information content (AvgIpc) is 2.63. The van der Waals surface area contributed by atoms with Gasteiger partial charge in [0.15, 0.2) is 4.21 Å². The number of rotatable bonds is 3. The second-order valence-electron chi connectivity index (χ2n) is 3.85. The monoisotopic (exact) mass is 363 g/mol. The molecule has 0 aliphatic carbocycles. The van der Waals surface area contributed by atoms with E-state index >= 15 is 0 Å². The van der Waals surface area contributed by atoms with Gasteiger partial charge in [-0.2, -0.15) is 0 Å². The summed E-state index contributed by atoms with van der Waals surface area (Å²) >= 11 is 3.90. The molecule has 0 amide bonds. The quantitative estimate of drug-likeness (QED) is 0.872. The smallest absolute Gasteiger partial charge is 0.306 e. The third kappa shape index (κ3) is 3.04. The van der Waals surface area contributed by atoms with Gasteiger partial charge in [0.25, 0.3) is 10.0 Å². The largest absolute Gasteiger partial charge is 0.315 e. The topological polar surface area (TPSA) is 91.9 Å². The number of aromatic amines is 1. The minimum atomic E-state index is -3.80. The first-order valence-electron chi connectivity index (χ1n) is 5.14. The van der Waals surface area contributed by atoms with Crippen molar-refractivity contribution in [2.75, 3.05) is 4.72 Å². The van der Waals surface area contributed by atoms with E-state index in [0.717, 1.165) is 4.47 Å². The van der Waals surface area contributed by atoms with E-state index in [0.29, 0.717) is 22.6 Å². The summed E-state index contributed by atoms with van der Waals surface area (Å²) in [6.45, 7) is 3.27. The van der Waals surface area contributed by atoms with Gasteiger partial charge in [-0.1, -0.05) is 11.3 Å². The maximum atomic E-state index is 12.2. The molecule has 0 saturated carbocycles. The van der Waals surface area contributed by atoms with Crippen molar-refractivity contribution in [2.45, 2.75) is 18.1 Å². The van der Waals surface area contributed by atoms with E-state index in [9.17, 15) is 13.2 Å². The number of H-pyrrole nitrogens is 1. The number of anilines is 1. The highest BCUT2D eigenvalue weighted by atomic mass is 79.9. The van der Waals surface area contributed by atoms with E-state index in [-0.39, 0.29) is 10.0 Å². The summed E-state index contributed by atoms with van der Waals surface area (Å²) in [5.74, 6) is 0.239. The molecule has 0 atom stereocenters. The Kier molecular flexibility index (Phi) is 3.79. The lowest BCUT2D eigenvalue weighted by Gasteiger charge is -2.08. The van der Waals surface area contributed by atoms with Crippen LogP contribution in [0.3, 0.4) is 0 Å². The van der Waals surface area contributed by atoms with Crippen molar-refractivity contribution in [3.05, 3.63) is 37.7 Å². The third-order valence-corrected chi connectivity index (χ3v) is 5.68. The van der Waals surface area contributed by atoms with Crippen LogP contribution in [0.2, 0.25) is 0 Å². The molecule has 0 spiro atoms. The van der Waals surface area contributed by atoms with E-state index in [4.69, 9.17) is 0 Å². The van der Waals surface area contributed by atoms with Crippen LogP contribution in [-0.2, 0) is 10.0 Å². The molecule has 0 aliphatic rings. The van der Waals surface area contributed by atoms with Gasteiger partial charge in [0.1, 0.15) is 5.82 Å². The third-order valence-electron chi connectivity index (χ3n) is 2.30. The molecule has 0 unspecified atom stereocenters. The summed E-state index contributed by atoms with van der Waals surface area (Å²) < 4.78 is 27.4. The number of hydrogen-bond donors (Lipinski definition) is 2. The molecule has 2 aromatic heterocycles. The second-order valence-corrected chi connectivity index (χ2v) is 7.63. The zero-order chi connectivity index (χ0) is 14.2. The number of thiazole rings is 1. The van der Waals surface area contributed by atoms with Crippen LogP contribution in [0.25, 0.3) is 0 Å². The van der Waals surface area contributed by atoms with E-state index in [1.807, 2.05) is 0 Å². The summed E-state index contributed by atoms with van der Waals surface area (Å²) in [7, 11) is -3.80. The number of nitrogens with one attached hydrogen (secondary N) is 2. The van der Waals surface area contributed by atoms with Gasteiger partial charge in [0, 0.05) is 16.4 Å². The first kappa shape index (κ1) is 14.2. The summed E-state index contributed by atoms with van der Waals surface area (Å²) in [6.07, 6.45) is 1.50. The molecule has 2 rings (SSSR count). The Morgan fingerprint density at radius 1 is 1.42 bits per heavy atom. The van der Waals surface area contributed by atoms with Crippen molar-refractivity contribution < 1.29 is 8.42 Å². The van der Waals surface area contributed by atoms with Gasteiger partial charge in [-0.3, -0.25) is 9.52 Å². The molecule has 2 aromatic rings. The molecule has 0 aliphatic heterocycles. The Hall–Kier alpha value is -1.19. The van der Waals surface area contributed by atoms with Crippen LogP contribution in [0.4, 0.5) is 5.82 Å². The molecule has 102 valence electrons. The number of sulfonamides is 1. The fraction of sp³-hybridized carbons (Fsp3) is 0.200. The number of hydrogen-bond acceptors (Lipinski definition) is 5. The Labute approximate surface area is 122 Å². The van der Waals surface area contributed by atoms with Gasteiger partial charge in [-0.25, -0.2) is 13.4 Å². The molecule has 2 N–H and O–H groups in total. The molecule has 0 radical (unpaired) electrons. The highest BCUT2D eigenvalue weighted by molar-refractivity contribution is 9.10. The van der Waals surface area contributed by atoms with Crippen LogP contribution in [0.5, 0.6) is 0 Å². The predicted octanol–water partition coefficient (Wildman–Crippen LogP) is 2.01. The highest BCUT2D eigenvalue weighted by Gasteiger charge is 2.21. The summed E-state index contributed by atoms with van der Waals surface area (Å²) in [5, 5.41) is 0. The Morgan fingerprint density at radius 3 is 2.63 bits per heavy atom. The first-order valence-corrected chi connectivity index (χ1v) is 8.23. The van der Waals surface area contributed by atoms with E-state index < -0.39 is 14.9 Å². The van der Waals surface area contributed by atoms with Crippen molar-refractivity contribution in [1.82, 2.24) is 9.97 Å².